The number of ether oxygens (including phenoxy) is 1. The van der Waals surface area contributed by atoms with Crippen LogP contribution in [0.25, 0.3) is 0 Å². The molecule has 1 aliphatic rings. The number of methoxy groups -OCH3 is 1. The van der Waals surface area contributed by atoms with E-state index in [4.69, 9.17) is 4.74 Å². The number of hydrogen-bond acceptors (Lipinski definition) is 6. The van der Waals surface area contributed by atoms with E-state index < -0.39 is 0 Å². The molecule has 0 atom stereocenters. The van der Waals surface area contributed by atoms with Crippen molar-refractivity contribution in [3.63, 3.8) is 0 Å². The maximum atomic E-state index is 5.20. The summed E-state index contributed by atoms with van der Waals surface area (Å²) in [4.78, 5) is 8.04. The number of hydrogen-bond donors (Lipinski definition) is 2. The third kappa shape index (κ3) is 1.72. The number of hydrazine groups is 1. The van der Waals surface area contributed by atoms with E-state index in [1.807, 2.05) is 18.2 Å². The van der Waals surface area contributed by atoms with Gasteiger partial charge in [0.2, 0.25) is 0 Å². The van der Waals surface area contributed by atoms with E-state index in [2.05, 4.69) is 32.8 Å². The molecule has 0 fully saturated rings. The molecule has 0 radical (unpaired) electrons. The third-order valence-electron chi connectivity index (χ3n) is 2.12. The second kappa shape index (κ2) is 4.43. The molecule has 0 bridgehead atoms. The summed E-state index contributed by atoms with van der Waals surface area (Å²) in [5.74, 6) is 1.27. The van der Waals surface area contributed by atoms with Crippen molar-refractivity contribution in [1.82, 2.24) is 11.0 Å². The molecule has 2 N–H and O–H groups in total. The van der Waals surface area contributed by atoms with Gasteiger partial charge in [-0.05, 0) is 18.9 Å². The van der Waals surface area contributed by atoms with Crippen LogP contribution in [0.3, 0.4) is 0 Å². The number of aliphatic imine (C=N–C) groups is 2. The maximum Gasteiger partial charge on any atom is 0.157 e. The first-order valence-electron chi connectivity index (χ1n) is 4.61. The fourth-order valence-electron chi connectivity index (χ4n) is 1.41. The van der Waals surface area contributed by atoms with Crippen LogP contribution in [-0.2, 0) is 0 Å². The van der Waals surface area contributed by atoms with Gasteiger partial charge in [-0.3, -0.25) is 10.4 Å². The normalized spacial score (nSPS) is 13.4. The number of para-hydroxylation sites is 1. The Kier molecular flexibility index (Phi) is 2.81. The van der Waals surface area contributed by atoms with Crippen molar-refractivity contribution in [2.24, 2.45) is 15.1 Å². The zero-order valence-electron chi connectivity index (χ0n) is 8.77. The monoisotopic (exact) mass is 217 g/mol. The molecule has 6 heteroatoms. The van der Waals surface area contributed by atoms with Gasteiger partial charge in [0.1, 0.15) is 17.8 Å². The summed E-state index contributed by atoms with van der Waals surface area (Å²) in [5.41, 5.74) is 6.87. The van der Waals surface area contributed by atoms with E-state index in [1.54, 1.807) is 7.11 Å². The van der Waals surface area contributed by atoms with Gasteiger partial charge in [0, 0.05) is 5.56 Å². The summed E-state index contributed by atoms with van der Waals surface area (Å²) >= 11 is 0. The zero-order chi connectivity index (χ0) is 11.4. The van der Waals surface area contributed by atoms with Crippen LogP contribution < -0.4 is 15.7 Å². The molecule has 1 aliphatic heterocycles. The Morgan fingerprint density at radius 3 is 2.94 bits per heavy atom. The second-order valence-corrected chi connectivity index (χ2v) is 2.97. The Morgan fingerprint density at radius 1 is 1.44 bits per heavy atom. The predicted molar refractivity (Wildman–Crippen MR) is 63.5 cm³/mol. The van der Waals surface area contributed by atoms with Gasteiger partial charge in [-0.25, -0.2) is 10.5 Å². The zero-order valence-corrected chi connectivity index (χ0v) is 8.77. The highest BCUT2D eigenvalue weighted by Crippen LogP contribution is 2.30. The summed E-state index contributed by atoms with van der Waals surface area (Å²) in [6.07, 6.45) is 1.41. The molecule has 0 aliphatic carbocycles. The standard InChI is InChI=1S/C10H11N5O/c1-11-9-7(4-3-5-8(9)16-2)10-12-6-13-15-14-10/h3-6,15H,1H2,2H3,(H,12,13,14). The van der Waals surface area contributed by atoms with Crippen molar-refractivity contribution in [1.29, 1.82) is 0 Å². The number of amidine groups is 1. The first kappa shape index (κ1) is 10.2. The van der Waals surface area contributed by atoms with Crippen molar-refractivity contribution in [3.05, 3.63) is 23.8 Å². The first-order chi connectivity index (χ1) is 7.86. The maximum absolute atomic E-state index is 5.20. The van der Waals surface area contributed by atoms with Crippen molar-refractivity contribution < 1.29 is 4.74 Å². The van der Waals surface area contributed by atoms with Crippen LogP contribution in [0.5, 0.6) is 5.75 Å². The van der Waals surface area contributed by atoms with Gasteiger partial charge >= 0.3 is 0 Å². The lowest BCUT2D eigenvalue weighted by Crippen LogP contribution is -2.37. The number of nitrogens with one attached hydrogen (secondary N) is 2. The topological polar surface area (TPSA) is 70.4 Å². The van der Waals surface area contributed by atoms with Crippen LogP contribution in [-0.4, -0.2) is 26.0 Å². The van der Waals surface area contributed by atoms with Crippen LogP contribution in [0.4, 0.5) is 5.69 Å². The highest BCUT2D eigenvalue weighted by Gasteiger charge is 2.13. The molecule has 0 unspecified atom stereocenters. The van der Waals surface area contributed by atoms with Gasteiger partial charge in [0.15, 0.2) is 5.84 Å². The van der Waals surface area contributed by atoms with E-state index in [9.17, 15) is 0 Å². The molecule has 0 saturated heterocycles. The molecule has 0 spiro atoms. The van der Waals surface area contributed by atoms with E-state index in [1.165, 1.54) is 6.34 Å². The van der Waals surface area contributed by atoms with Crippen molar-refractivity contribution in [3.8, 4) is 5.75 Å². The molecule has 16 heavy (non-hydrogen) atoms. The number of hydrazone groups is 1. The Bertz CT molecular complexity index is 466. The molecule has 1 heterocycles. The van der Waals surface area contributed by atoms with Crippen LogP contribution in [0.2, 0.25) is 0 Å². The molecule has 1 aromatic carbocycles. The SMILES string of the molecule is C=Nc1c(OC)cccc1C1=NC=NNN1. The summed E-state index contributed by atoms with van der Waals surface area (Å²) in [7, 11) is 1.59. The molecule has 1 aromatic rings. The molecule has 0 amide bonds. The largest absolute Gasteiger partial charge is 0.494 e. The quantitative estimate of drug-likeness (QED) is 0.736. The average Bonchev–Trinajstić information content (AvgIpc) is 2.38. The Morgan fingerprint density at radius 2 is 2.31 bits per heavy atom. The lowest BCUT2D eigenvalue weighted by molar-refractivity contribution is 0.416. The lowest BCUT2D eigenvalue weighted by atomic mass is 10.1. The molecular weight excluding hydrogens is 206 g/mol. The number of nitrogens with zero attached hydrogens (tertiary/aromatic N) is 3. The fourth-order valence-corrected chi connectivity index (χ4v) is 1.41. The minimum atomic E-state index is 0.622. The predicted octanol–water partition coefficient (Wildman–Crippen LogP) is 0.825. The minimum Gasteiger partial charge on any atom is -0.494 e. The Hall–Kier alpha value is -2.37. The molecule has 6 nitrogen and oxygen atoms in total. The minimum absolute atomic E-state index is 0.622. The summed E-state index contributed by atoms with van der Waals surface area (Å²) < 4.78 is 5.20. The highest BCUT2D eigenvalue weighted by atomic mass is 16.5. The number of rotatable bonds is 3. The van der Waals surface area contributed by atoms with E-state index >= 15 is 0 Å². The molecule has 0 aromatic heterocycles. The highest BCUT2D eigenvalue weighted by molar-refractivity contribution is 6.07. The Labute approximate surface area is 92.7 Å². The van der Waals surface area contributed by atoms with Gasteiger partial charge in [-0.15, -0.1) is 5.10 Å². The van der Waals surface area contributed by atoms with Crippen molar-refractivity contribution in [2.45, 2.75) is 0 Å². The second-order valence-electron chi connectivity index (χ2n) is 2.97. The number of benzene rings is 1. The average molecular weight is 217 g/mol. The molecule has 2 rings (SSSR count). The van der Waals surface area contributed by atoms with Gasteiger partial charge in [0.25, 0.3) is 0 Å². The summed E-state index contributed by atoms with van der Waals surface area (Å²) in [6, 6.07) is 5.55. The van der Waals surface area contributed by atoms with E-state index in [-0.39, 0.29) is 0 Å². The fraction of sp³-hybridized carbons (Fsp3) is 0.100. The molecular formula is C10H11N5O. The first-order valence-corrected chi connectivity index (χ1v) is 4.61. The van der Waals surface area contributed by atoms with Crippen molar-refractivity contribution in [2.75, 3.05) is 7.11 Å². The van der Waals surface area contributed by atoms with Crippen molar-refractivity contribution >= 4 is 24.6 Å². The van der Waals surface area contributed by atoms with Gasteiger partial charge in [0.05, 0.1) is 7.11 Å². The van der Waals surface area contributed by atoms with Crippen LogP contribution in [0.15, 0.2) is 33.3 Å². The third-order valence-corrected chi connectivity index (χ3v) is 2.12. The van der Waals surface area contributed by atoms with Gasteiger partial charge < -0.3 is 4.74 Å². The van der Waals surface area contributed by atoms with Gasteiger partial charge in [-0.1, -0.05) is 6.07 Å². The van der Waals surface area contributed by atoms with Crippen LogP contribution in [0.1, 0.15) is 5.56 Å². The lowest BCUT2D eigenvalue weighted by Gasteiger charge is -2.14. The molecule has 82 valence electrons. The summed E-state index contributed by atoms with van der Waals surface area (Å²) in [5, 5.41) is 3.70. The molecule has 0 saturated carbocycles. The van der Waals surface area contributed by atoms with Crippen LogP contribution in [0, 0.1) is 0 Å². The summed E-state index contributed by atoms with van der Waals surface area (Å²) in [6.45, 7) is 3.53. The Balaban J connectivity index is 2.51. The smallest absolute Gasteiger partial charge is 0.157 e. The van der Waals surface area contributed by atoms with E-state index in [0.29, 0.717) is 17.3 Å². The van der Waals surface area contributed by atoms with Gasteiger partial charge in [-0.2, -0.15) is 0 Å². The van der Waals surface area contributed by atoms with Crippen LogP contribution >= 0.6 is 0 Å². The van der Waals surface area contributed by atoms with E-state index in [0.717, 1.165) is 5.56 Å².